The predicted octanol–water partition coefficient (Wildman–Crippen LogP) is 3.84. The molecule has 2 aromatic rings. The van der Waals surface area contributed by atoms with E-state index < -0.39 is 6.10 Å². The minimum absolute atomic E-state index is 0.258. The maximum Gasteiger partial charge on any atom is 0.123 e. The van der Waals surface area contributed by atoms with Crippen LogP contribution in [0.4, 0.5) is 4.39 Å². The molecule has 0 aromatic heterocycles. The second-order valence-corrected chi connectivity index (χ2v) is 4.53. The van der Waals surface area contributed by atoms with Gasteiger partial charge in [0, 0.05) is 5.92 Å². The summed E-state index contributed by atoms with van der Waals surface area (Å²) in [5.41, 5.74) is 1.59. The van der Waals surface area contributed by atoms with Gasteiger partial charge in [0.15, 0.2) is 0 Å². The molecule has 0 amide bonds. The fourth-order valence-corrected chi connectivity index (χ4v) is 2.14. The van der Waals surface area contributed by atoms with Crippen molar-refractivity contribution in [3.63, 3.8) is 0 Å². The van der Waals surface area contributed by atoms with Gasteiger partial charge in [0.1, 0.15) is 11.6 Å². The number of aliphatic hydroxyl groups excluding tert-OH is 1. The number of ether oxygens (including phenoxy) is 1. The van der Waals surface area contributed by atoms with Crippen LogP contribution in [0.3, 0.4) is 0 Å². The van der Waals surface area contributed by atoms with Gasteiger partial charge < -0.3 is 9.84 Å². The average Bonchev–Trinajstić information content (AvgIpc) is 2.49. The summed E-state index contributed by atoms with van der Waals surface area (Å²) in [6.07, 6.45) is 0.928. The Kier molecular flexibility index (Phi) is 4.53. The van der Waals surface area contributed by atoms with Crippen LogP contribution in [-0.2, 0) is 0 Å². The zero-order valence-corrected chi connectivity index (χ0v) is 11.3. The maximum absolute atomic E-state index is 12.9. The summed E-state index contributed by atoms with van der Waals surface area (Å²) in [5, 5.41) is 10.4. The smallest absolute Gasteiger partial charge is 0.123 e. The minimum atomic E-state index is -0.763. The number of benzene rings is 2. The van der Waals surface area contributed by atoms with Gasteiger partial charge in [0.25, 0.3) is 0 Å². The molecular formula is C17H17FO2. The summed E-state index contributed by atoms with van der Waals surface area (Å²) in [7, 11) is 1.60. The lowest BCUT2D eigenvalue weighted by atomic mass is 9.89. The zero-order valence-electron chi connectivity index (χ0n) is 11.3. The molecule has 0 bridgehead atoms. The molecule has 0 aliphatic carbocycles. The van der Waals surface area contributed by atoms with Gasteiger partial charge >= 0.3 is 0 Å². The Bertz CT molecular complexity index is 561. The second kappa shape index (κ2) is 6.35. The van der Waals surface area contributed by atoms with E-state index in [1.165, 1.54) is 12.1 Å². The zero-order chi connectivity index (χ0) is 14.5. The monoisotopic (exact) mass is 272 g/mol. The van der Waals surface area contributed by atoms with E-state index in [4.69, 9.17) is 4.74 Å². The molecule has 0 heterocycles. The highest BCUT2D eigenvalue weighted by atomic mass is 19.1. The minimum Gasteiger partial charge on any atom is -0.497 e. The Morgan fingerprint density at radius 3 is 2.10 bits per heavy atom. The Morgan fingerprint density at radius 2 is 1.60 bits per heavy atom. The second-order valence-electron chi connectivity index (χ2n) is 4.53. The average molecular weight is 272 g/mol. The summed E-state index contributed by atoms with van der Waals surface area (Å²) in [6, 6.07) is 13.3. The first-order valence-electron chi connectivity index (χ1n) is 6.35. The van der Waals surface area contributed by atoms with Crippen molar-refractivity contribution in [3.05, 3.63) is 78.1 Å². The van der Waals surface area contributed by atoms with Crippen LogP contribution < -0.4 is 4.74 Å². The molecular weight excluding hydrogens is 255 g/mol. The lowest BCUT2D eigenvalue weighted by molar-refractivity contribution is 0.162. The lowest BCUT2D eigenvalue weighted by Crippen LogP contribution is -2.08. The Labute approximate surface area is 118 Å². The van der Waals surface area contributed by atoms with Crippen molar-refractivity contribution in [3.8, 4) is 5.75 Å². The molecule has 0 saturated carbocycles. The molecule has 3 heteroatoms. The van der Waals surface area contributed by atoms with Crippen molar-refractivity contribution in [2.24, 2.45) is 0 Å². The van der Waals surface area contributed by atoms with E-state index in [0.29, 0.717) is 5.56 Å². The van der Waals surface area contributed by atoms with E-state index in [-0.39, 0.29) is 11.7 Å². The van der Waals surface area contributed by atoms with Crippen LogP contribution in [0.25, 0.3) is 0 Å². The molecule has 0 radical (unpaired) electrons. The predicted molar refractivity (Wildman–Crippen MR) is 77.3 cm³/mol. The van der Waals surface area contributed by atoms with Crippen LogP contribution in [0.5, 0.6) is 5.75 Å². The Balaban J connectivity index is 2.26. The SMILES string of the molecule is C=C[C@H](c1ccc(OC)cc1)[C@H](O)c1ccc(F)cc1. The number of hydrogen-bond donors (Lipinski definition) is 1. The van der Waals surface area contributed by atoms with Crippen molar-refractivity contribution < 1.29 is 14.2 Å². The summed E-state index contributed by atoms with van der Waals surface area (Å²) >= 11 is 0. The molecule has 0 fully saturated rings. The van der Waals surface area contributed by atoms with Gasteiger partial charge in [-0.1, -0.05) is 30.3 Å². The molecule has 2 aromatic carbocycles. The van der Waals surface area contributed by atoms with Crippen molar-refractivity contribution in [1.29, 1.82) is 0 Å². The van der Waals surface area contributed by atoms with E-state index in [0.717, 1.165) is 11.3 Å². The number of halogens is 1. The van der Waals surface area contributed by atoms with Gasteiger partial charge in [-0.05, 0) is 35.4 Å². The highest BCUT2D eigenvalue weighted by Crippen LogP contribution is 2.32. The molecule has 2 rings (SSSR count). The highest BCUT2D eigenvalue weighted by Gasteiger charge is 2.19. The molecule has 104 valence electrons. The van der Waals surface area contributed by atoms with Crippen LogP contribution in [0.1, 0.15) is 23.1 Å². The van der Waals surface area contributed by atoms with E-state index in [1.54, 1.807) is 25.3 Å². The molecule has 2 nitrogen and oxygen atoms in total. The van der Waals surface area contributed by atoms with Gasteiger partial charge in [-0.3, -0.25) is 0 Å². The van der Waals surface area contributed by atoms with Crippen LogP contribution in [0, 0.1) is 5.82 Å². The fourth-order valence-electron chi connectivity index (χ4n) is 2.14. The maximum atomic E-state index is 12.9. The van der Waals surface area contributed by atoms with E-state index in [9.17, 15) is 9.50 Å². The number of aliphatic hydroxyl groups is 1. The standard InChI is InChI=1S/C17H17FO2/c1-3-16(12-6-10-15(20-2)11-7-12)17(19)13-4-8-14(18)9-5-13/h3-11,16-17,19H,1H2,2H3/t16-,17-/m1/s1. The van der Waals surface area contributed by atoms with Gasteiger partial charge in [0.05, 0.1) is 13.2 Å². The molecule has 0 saturated heterocycles. The molecule has 20 heavy (non-hydrogen) atoms. The first kappa shape index (κ1) is 14.3. The lowest BCUT2D eigenvalue weighted by Gasteiger charge is -2.20. The van der Waals surface area contributed by atoms with Crippen LogP contribution in [0.15, 0.2) is 61.2 Å². The molecule has 0 spiro atoms. The first-order chi connectivity index (χ1) is 9.65. The Hall–Kier alpha value is -2.13. The Morgan fingerprint density at radius 1 is 1.05 bits per heavy atom. The van der Waals surface area contributed by atoms with Crippen LogP contribution >= 0.6 is 0 Å². The summed E-state index contributed by atoms with van der Waals surface area (Å²) in [5.74, 6) is 0.180. The quantitative estimate of drug-likeness (QED) is 0.838. The van der Waals surface area contributed by atoms with Crippen LogP contribution in [0.2, 0.25) is 0 Å². The number of hydrogen-bond acceptors (Lipinski definition) is 2. The first-order valence-corrected chi connectivity index (χ1v) is 6.35. The molecule has 0 aliphatic rings. The van der Waals surface area contributed by atoms with Gasteiger partial charge in [0.2, 0.25) is 0 Å². The molecule has 1 N–H and O–H groups in total. The molecule has 0 aliphatic heterocycles. The highest BCUT2D eigenvalue weighted by molar-refractivity contribution is 5.34. The van der Waals surface area contributed by atoms with E-state index in [2.05, 4.69) is 6.58 Å². The number of methoxy groups -OCH3 is 1. The van der Waals surface area contributed by atoms with Crippen molar-refractivity contribution >= 4 is 0 Å². The third-order valence-corrected chi connectivity index (χ3v) is 3.31. The molecule has 2 atom stereocenters. The summed E-state index contributed by atoms with van der Waals surface area (Å²) < 4.78 is 18.0. The summed E-state index contributed by atoms with van der Waals surface area (Å²) in [4.78, 5) is 0. The normalized spacial score (nSPS) is 13.6. The van der Waals surface area contributed by atoms with E-state index in [1.807, 2.05) is 24.3 Å². The fraction of sp³-hybridized carbons (Fsp3) is 0.176. The van der Waals surface area contributed by atoms with Gasteiger partial charge in [-0.15, -0.1) is 6.58 Å². The van der Waals surface area contributed by atoms with Gasteiger partial charge in [-0.2, -0.15) is 0 Å². The van der Waals surface area contributed by atoms with E-state index >= 15 is 0 Å². The topological polar surface area (TPSA) is 29.5 Å². The van der Waals surface area contributed by atoms with Crippen molar-refractivity contribution in [2.75, 3.05) is 7.11 Å². The van der Waals surface area contributed by atoms with Gasteiger partial charge in [-0.25, -0.2) is 4.39 Å². The van der Waals surface area contributed by atoms with Crippen molar-refractivity contribution in [1.82, 2.24) is 0 Å². The van der Waals surface area contributed by atoms with Crippen molar-refractivity contribution in [2.45, 2.75) is 12.0 Å². The third-order valence-electron chi connectivity index (χ3n) is 3.31. The summed E-state index contributed by atoms with van der Waals surface area (Å²) in [6.45, 7) is 3.78. The number of rotatable bonds is 5. The molecule has 0 unspecified atom stereocenters. The van der Waals surface area contributed by atoms with Crippen LogP contribution in [-0.4, -0.2) is 12.2 Å². The largest absolute Gasteiger partial charge is 0.497 e. The third kappa shape index (κ3) is 3.06.